The van der Waals surface area contributed by atoms with Crippen molar-refractivity contribution in [3.63, 3.8) is 0 Å². The molecule has 0 amide bonds. The summed E-state index contributed by atoms with van der Waals surface area (Å²) in [6, 6.07) is 6.17. The number of halogens is 1. The van der Waals surface area contributed by atoms with Gasteiger partial charge in [-0.3, -0.25) is 4.90 Å². The standard InChI is InChI=1S/C19H30BNO4.ClH/c1-15-14-16(20-24-18(2,3)19(4,5)25-20)6-7-17(15)23-13-10-21-8-11-22-12-9-21;/h6-7,14H,8-13H2,1-5H3;1H. The van der Waals surface area contributed by atoms with E-state index in [4.69, 9.17) is 18.8 Å². The van der Waals surface area contributed by atoms with Gasteiger partial charge in [0.1, 0.15) is 12.4 Å². The zero-order chi connectivity index (χ0) is 18.1. The van der Waals surface area contributed by atoms with E-state index in [-0.39, 0.29) is 30.7 Å². The molecule has 0 N–H and O–H groups in total. The van der Waals surface area contributed by atoms with Gasteiger partial charge in [-0.15, -0.1) is 12.4 Å². The van der Waals surface area contributed by atoms with Crippen LogP contribution in [0.25, 0.3) is 0 Å². The lowest BCUT2D eigenvalue weighted by molar-refractivity contribution is 0.00578. The van der Waals surface area contributed by atoms with Crippen molar-refractivity contribution < 1.29 is 18.8 Å². The maximum absolute atomic E-state index is 6.12. The van der Waals surface area contributed by atoms with E-state index < -0.39 is 0 Å². The first-order chi connectivity index (χ1) is 11.8. The summed E-state index contributed by atoms with van der Waals surface area (Å²) in [5.41, 5.74) is 1.50. The Morgan fingerprint density at radius 2 is 1.69 bits per heavy atom. The highest BCUT2D eigenvalue weighted by atomic mass is 35.5. The molecule has 0 radical (unpaired) electrons. The van der Waals surface area contributed by atoms with Gasteiger partial charge in [-0.1, -0.05) is 12.1 Å². The molecule has 0 saturated carbocycles. The largest absolute Gasteiger partial charge is 0.494 e. The molecule has 0 unspecified atom stereocenters. The lowest BCUT2D eigenvalue weighted by Crippen LogP contribution is -2.41. The Morgan fingerprint density at radius 3 is 2.27 bits per heavy atom. The van der Waals surface area contributed by atoms with E-state index in [1.807, 2.05) is 12.1 Å². The Hall–Kier alpha value is -0.785. The molecule has 0 bridgehead atoms. The lowest BCUT2D eigenvalue weighted by atomic mass is 9.78. The van der Waals surface area contributed by atoms with Crippen LogP contribution in [0.15, 0.2) is 18.2 Å². The molecule has 5 nitrogen and oxygen atoms in total. The number of hydrogen-bond acceptors (Lipinski definition) is 5. The first-order valence-electron chi connectivity index (χ1n) is 9.18. The number of morpholine rings is 1. The van der Waals surface area contributed by atoms with E-state index >= 15 is 0 Å². The zero-order valence-corrected chi connectivity index (χ0v) is 17.4. The third-order valence-corrected chi connectivity index (χ3v) is 5.49. The van der Waals surface area contributed by atoms with Crippen molar-refractivity contribution in [2.45, 2.75) is 45.8 Å². The molecule has 0 aliphatic carbocycles. The summed E-state index contributed by atoms with van der Waals surface area (Å²) in [4.78, 5) is 2.37. The molecule has 1 aromatic carbocycles. The quantitative estimate of drug-likeness (QED) is 0.730. The Kier molecular flexibility index (Phi) is 7.02. The Balaban J connectivity index is 0.00000243. The first kappa shape index (κ1) is 21.5. The minimum atomic E-state index is -0.328. The highest BCUT2D eigenvalue weighted by Gasteiger charge is 2.51. The minimum Gasteiger partial charge on any atom is -0.492 e. The molecular weight excluding hydrogens is 352 g/mol. The van der Waals surface area contributed by atoms with Crippen LogP contribution in [0.5, 0.6) is 5.75 Å². The highest BCUT2D eigenvalue weighted by Crippen LogP contribution is 2.36. The fourth-order valence-corrected chi connectivity index (χ4v) is 3.07. The van der Waals surface area contributed by atoms with Gasteiger partial charge in [-0.25, -0.2) is 0 Å². The molecule has 146 valence electrons. The van der Waals surface area contributed by atoms with Gasteiger partial charge in [0.05, 0.1) is 24.4 Å². The summed E-state index contributed by atoms with van der Waals surface area (Å²) in [7, 11) is -0.328. The lowest BCUT2D eigenvalue weighted by Gasteiger charge is -2.32. The van der Waals surface area contributed by atoms with Gasteiger partial charge < -0.3 is 18.8 Å². The Bertz CT molecular complexity index is 589. The van der Waals surface area contributed by atoms with Gasteiger partial charge >= 0.3 is 7.12 Å². The number of hydrogen-bond donors (Lipinski definition) is 0. The normalized spacial score (nSPS) is 22.1. The predicted octanol–water partition coefficient (Wildman–Crippen LogP) is 2.43. The number of rotatable bonds is 5. The average molecular weight is 384 g/mol. The van der Waals surface area contributed by atoms with Crippen LogP contribution in [-0.2, 0) is 14.0 Å². The van der Waals surface area contributed by atoms with Gasteiger partial charge in [0.25, 0.3) is 0 Å². The molecule has 3 rings (SSSR count). The molecule has 2 heterocycles. The second-order valence-corrected chi connectivity index (χ2v) is 7.92. The van der Waals surface area contributed by atoms with Gasteiger partial charge in [0.2, 0.25) is 0 Å². The van der Waals surface area contributed by atoms with E-state index in [0.29, 0.717) is 6.61 Å². The monoisotopic (exact) mass is 383 g/mol. The van der Waals surface area contributed by atoms with Crippen LogP contribution >= 0.6 is 12.4 Å². The smallest absolute Gasteiger partial charge is 0.492 e. The second-order valence-electron chi connectivity index (χ2n) is 7.92. The molecule has 7 heteroatoms. The van der Waals surface area contributed by atoms with Crippen molar-refractivity contribution in [2.75, 3.05) is 39.5 Å². The Labute approximate surface area is 163 Å². The van der Waals surface area contributed by atoms with Gasteiger partial charge in [-0.2, -0.15) is 0 Å². The molecule has 26 heavy (non-hydrogen) atoms. The SMILES string of the molecule is Cc1cc(B2OC(C)(C)C(C)(C)O2)ccc1OCCN1CCOCC1.Cl. The summed E-state index contributed by atoms with van der Waals surface area (Å²) in [5, 5.41) is 0. The minimum absolute atomic E-state index is 0. The van der Waals surface area contributed by atoms with Crippen LogP contribution < -0.4 is 10.2 Å². The summed E-state index contributed by atoms with van der Waals surface area (Å²) in [6.45, 7) is 15.6. The van der Waals surface area contributed by atoms with Crippen molar-refractivity contribution in [2.24, 2.45) is 0 Å². The van der Waals surface area contributed by atoms with Crippen LogP contribution in [0.2, 0.25) is 0 Å². The van der Waals surface area contributed by atoms with Crippen LogP contribution in [0, 0.1) is 6.92 Å². The Morgan fingerprint density at radius 1 is 1.08 bits per heavy atom. The molecule has 2 aliphatic heterocycles. The molecule has 0 spiro atoms. The molecule has 0 aromatic heterocycles. The van der Waals surface area contributed by atoms with E-state index in [1.54, 1.807) is 0 Å². The van der Waals surface area contributed by atoms with Gasteiger partial charge in [0.15, 0.2) is 0 Å². The van der Waals surface area contributed by atoms with E-state index in [9.17, 15) is 0 Å². The van der Waals surface area contributed by atoms with Crippen molar-refractivity contribution in [1.82, 2.24) is 4.90 Å². The maximum Gasteiger partial charge on any atom is 0.494 e. The van der Waals surface area contributed by atoms with Crippen LogP contribution in [0.4, 0.5) is 0 Å². The number of aryl methyl sites for hydroxylation is 1. The zero-order valence-electron chi connectivity index (χ0n) is 16.5. The number of nitrogens with zero attached hydrogens (tertiary/aromatic N) is 1. The van der Waals surface area contributed by atoms with Gasteiger partial charge in [-0.05, 0) is 51.7 Å². The van der Waals surface area contributed by atoms with Crippen molar-refractivity contribution >= 4 is 25.0 Å². The van der Waals surface area contributed by atoms with Crippen molar-refractivity contribution in [3.8, 4) is 5.75 Å². The number of ether oxygens (including phenoxy) is 2. The third-order valence-electron chi connectivity index (χ3n) is 5.49. The fraction of sp³-hybridized carbons (Fsp3) is 0.684. The molecule has 2 aliphatic rings. The average Bonchev–Trinajstić information content (AvgIpc) is 2.78. The second kappa shape index (κ2) is 8.49. The summed E-state index contributed by atoms with van der Waals surface area (Å²) < 4.78 is 23.6. The molecule has 2 fully saturated rings. The van der Waals surface area contributed by atoms with Crippen molar-refractivity contribution in [3.05, 3.63) is 23.8 Å². The van der Waals surface area contributed by atoms with Crippen LogP contribution in [0.3, 0.4) is 0 Å². The molecular formula is C19H31BClNO4. The van der Waals surface area contributed by atoms with Crippen LogP contribution in [0.1, 0.15) is 33.3 Å². The molecule has 2 saturated heterocycles. The first-order valence-corrected chi connectivity index (χ1v) is 9.18. The fourth-order valence-electron chi connectivity index (χ4n) is 3.07. The topological polar surface area (TPSA) is 40.2 Å². The molecule has 0 atom stereocenters. The highest BCUT2D eigenvalue weighted by molar-refractivity contribution is 6.62. The van der Waals surface area contributed by atoms with Crippen molar-refractivity contribution in [1.29, 1.82) is 0 Å². The van der Waals surface area contributed by atoms with E-state index in [1.165, 1.54) is 0 Å². The summed E-state index contributed by atoms with van der Waals surface area (Å²) in [5.74, 6) is 0.925. The summed E-state index contributed by atoms with van der Waals surface area (Å²) >= 11 is 0. The maximum atomic E-state index is 6.12. The molecule has 1 aromatic rings. The number of benzene rings is 1. The van der Waals surface area contributed by atoms with Gasteiger partial charge in [0, 0.05) is 19.6 Å². The summed E-state index contributed by atoms with van der Waals surface area (Å²) in [6.07, 6.45) is 0. The third kappa shape index (κ3) is 4.73. The van der Waals surface area contributed by atoms with Crippen LogP contribution in [-0.4, -0.2) is 62.7 Å². The van der Waals surface area contributed by atoms with E-state index in [2.05, 4.69) is 45.6 Å². The van der Waals surface area contributed by atoms with E-state index in [0.717, 1.165) is 49.6 Å². The predicted molar refractivity (Wildman–Crippen MR) is 107 cm³/mol.